The fourth-order valence-corrected chi connectivity index (χ4v) is 5.71. The summed E-state index contributed by atoms with van der Waals surface area (Å²) >= 11 is 2.93. The van der Waals surface area contributed by atoms with Gasteiger partial charge in [-0.05, 0) is 72.0 Å². The fraction of sp³-hybridized carbons (Fsp3) is 0.120. The molecule has 7 nitrogen and oxygen atoms in total. The Morgan fingerprint density at radius 2 is 1.94 bits per heavy atom. The summed E-state index contributed by atoms with van der Waals surface area (Å²) in [5.41, 5.74) is 3.88. The van der Waals surface area contributed by atoms with E-state index in [-0.39, 0.29) is 11.6 Å². The lowest BCUT2D eigenvalue weighted by Gasteiger charge is -2.15. The number of amidine groups is 1. The number of rotatable bonds is 6. The van der Waals surface area contributed by atoms with Crippen LogP contribution < -0.4 is 0 Å². The number of aromatic amines is 1. The summed E-state index contributed by atoms with van der Waals surface area (Å²) in [6.45, 7) is 2.49. The topological polar surface area (TPSA) is 91.6 Å². The highest BCUT2D eigenvalue weighted by atomic mass is 32.2. The quantitative estimate of drug-likeness (QED) is 0.196. The molecule has 0 spiro atoms. The molecule has 2 aromatic heterocycles. The number of hydrogen-bond acceptors (Lipinski definition) is 6. The van der Waals surface area contributed by atoms with Gasteiger partial charge in [0.05, 0.1) is 15.5 Å². The Morgan fingerprint density at radius 3 is 2.68 bits per heavy atom. The number of nitrogens with one attached hydrogen (secondary N) is 1. The molecule has 0 atom stereocenters. The molecule has 34 heavy (non-hydrogen) atoms. The molecule has 0 saturated carbocycles. The summed E-state index contributed by atoms with van der Waals surface area (Å²) in [6.07, 6.45) is 4.57. The van der Waals surface area contributed by atoms with Crippen LogP contribution in [-0.4, -0.2) is 32.4 Å². The molecule has 5 rings (SSSR count). The number of H-pyrrole nitrogens is 1. The number of hydrogen-bond donors (Lipinski definition) is 1. The second-order valence-corrected chi connectivity index (χ2v) is 9.77. The Labute approximate surface area is 204 Å². The molecule has 3 heterocycles. The fourth-order valence-electron chi connectivity index (χ4n) is 3.77. The minimum Gasteiger partial charge on any atom is -0.361 e. The lowest BCUT2D eigenvalue weighted by Crippen LogP contribution is -2.31. The molecule has 0 bridgehead atoms. The van der Waals surface area contributed by atoms with E-state index in [4.69, 9.17) is 0 Å². The van der Waals surface area contributed by atoms with Crippen molar-refractivity contribution in [1.82, 2.24) is 9.88 Å². The van der Waals surface area contributed by atoms with Crippen LogP contribution in [0.3, 0.4) is 0 Å². The van der Waals surface area contributed by atoms with E-state index in [1.807, 2.05) is 48.8 Å². The van der Waals surface area contributed by atoms with E-state index in [2.05, 4.69) is 16.0 Å². The van der Waals surface area contributed by atoms with Crippen LogP contribution >= 0.6 is 23.1 Å². The Balaban J connectivity index is 1.46. The summed E-state index contributed by atoms with van der Waals surface area (Å²) < 4.78 is 0. The van der Waals surface area contributed by atoms with Crippen molar-refractivity contribution >= 4 is 62.5 Å². The number of fused-ring (bicyclic) bond motifs is 1. The van der Waals surface area contributed by atoms with Crippen LogP contribution in [0.1, 0.15) is 16.0 Å². The van der Waals surface area contributed by atoms with Gasteiger partial charge in [-0.3, -0.25) is 19.8 Å². The molecule has 1 aliphatic rings. The van der Waals surface area contributed by atoms with E-state index in [9.17, 15) is 14.9 Å². The standard InChI is InChI=1S/C25H20N4O3S2/c1-16-11-13-33-22(16)14-23-24(30)28(12-10-17-15-26-21-5-3-2-4-20(17)21)25(34-23)27-18-6-8-19(9-7-18)29(31)32/h2-9,11,13-15,26H,10,12H2,1H3/b23-14-,27-25?. The SMILES string of the molecule is Cc1ccsc1/C=C1\SC(=Nc2ccc([N+](=O)[O-])cc2)N(CCc2c[nH]c3ccccc23)C1=O. The predicted octanol–water partition coefficient (Wildman–Crippen LogP) is 6.29. The Kier molecular flexibility index (Phi) is 6.04. The van der Waals surface area contributed by atoms with Crippen molar-refractivity contribution < 1.29 is 9.72 Å². The van der Waals surface area contributed by atoms with Crippen LogP contribution in [0.5, 0.6) is 0 Å². The number of nitrogens with zero attached hydrogens (tertiary/aromatic N) is 3. The first kappa shape index (κ1) is 22.1. The number of aryl methyl sites for hydroxylation is 1. The maximum absolute atomic E-state index is 13.4. The van der Waals surface area contributed by atoms with E-state index >= 15 is 0 Å². The Bertz CT molecular complexity index is 1450. The average Bonchev–Trinajstić information content (AvgIpc) is 3.51. The molecule has 0 radical (unpaired) electrons. The monoisotopic (exact) mass is 488 g/mol. The van der Waals surface area contributed by atoms with Crippen molar-refractivity contribution in [2.24, 2.45) is 4.99 Å². The van der Waals surface area contributed by atoms with Crippen LogP contribution in [0.4, 0.5) is 11.4 Å². The number of nitro groups is 1. The largest absolute Gasteiger partial charge is 0.361 e. The number of amides is 1. The molecule has 1 amide bonds. The van der Waals surface area contributed by atoms with Gasteiger partial charge in [0.2, 0.25) is 0 Å². The van der Waals surface area contributed by atoms with Crippen LogP contribution in [0, 0.1) is 17.0 Å². The molecular formula is C25H20N4O3S2. The summed E-state index contributed by atoms with van der Waals surface area (Å²) in [5.74, 6) is -0.0849. The zero-order valence-corrected chi connectivity index (χ0v) is 19.9. The van der Waals surface area contributed by atoms with Gasteiger partial charge in [-0.1, -0.05) is 18.2 Å². The molecule has 1 saturated heterocycles. The highest BCUT2D eigenvalue weighted by Crippen LogP contribution is 2.36. The average molecular weight is 489 g/mol. The second-order valence-electron chi connectivity index (χ2n) is 7.81. The van der Waals surface area contributed by atoms with Crippen molar-refractivity contribution in [3.8, 4) is 0 Å². The minimum absolute atomic E-state index is 0.00375. The third-order valence-corrected chi connectivity index (χ3v) is 7.59. The molecule has 2 aromatic carbocycles. The van der Waals surface area contributed by atoms with Gasteiger partial charge < -0.3 is 4.98 Å². The Hall–Kier alpha value is -3.69. The zero-order valence-electron chi connectivity index (χ0n) is 18.2. The maximum atomic E-state index is 13.4. The molecule has 1 N–H and O–H groups in total. The van der Waals surface area contributed by atoms with Gasteiger partial charge in [-0.2, -0.15) is 0 Å². The maximum Gasteiger partial charge on any atom is 0.269 e. The molecular weight excluding hydrogens is 468 g/mol. The number of aliphatic imine (C=N–C) groups is 1. The van der Waals surface area contributed by atoms with Crippen molar-refractivity contribution in [3.05, 3.63) is 97.2 Å². The van der Waals surface area contributed by atoms with Crippen LogP contribution in [-0.2, 0) is 11.2 Å². The molecule has 1 aliphatic heterocycles. The van der Waals surface area contributed by atoms with E-state index in [1.54, 1.807) is 28.4 Å². The highest BCUT2D eigenvalue weighted by Gasteiger charge is 2.33. The van der Waals surface area contributed by atoms with Gasteiger partial charge in [0.25, 0.3) is 11.6 Å². The Morgan fingerprint density at radius 1 is 1.15 bits per heavy atom. The minimum atomic E-state index is -0.442. The van der Waals surface area contributed by atoms with Crippen LogP contribution in [0.2, 0.25) is 0 Å². The molecule has 1 fully saturated rings. The van der Waals surface area contributed by atoms with Gasteiger partial charge >= 0.3 is 0 Å². The number of benzene rings is 2. The van der Waals surface area contributed by atoms with Gasteiger partial charge in [-0.25, -0.2) is 4.99 Å². The molecule has 4 aromatic rings. The number of aromatic nitrogens is 1. The highest BCUT2D eigenvalue weighted by molar-refractivity contribution is 8.18. The number of nitro benzene ring substituents is 1. The lowest BCUT2D eigenvalue weighted by molar-refractivity contribution is -0.384. The molecule has 9 heteroatoms. The summed E-state index contributed by atoms with van der Waals surface area (Å²) in [6, 6.07) is 16.1. The second kappa shape index (κ2) is 9.28. The van der Waals surface area contributed by atoms with E-state index < -0.39 is 4.92 Å². The van der Waals surface area contributed by atoms with Gasteiger partial charge in [0, 0.05) is 40.7 Å². The summed E-state index contributed by atoms with van der Waals surface area (Å²) in [7, 11) is 0. The summed E-state index contributed by atoms with van der Waals surface area (Å²) in [4.78, 5) is 35.2. The van der Waals surface area contributed by atoms with Crippen LogP contribution in [0.15, 0.2) is 76.1 Å². The van der Waals surface area contributed by atoms with Crippen molar-refractivity contribution in [2.45, 2.75) is 13.3 Å². The van der Waals surface area contributed by atoms with E-state index in [0.29, 0.717) is 28.7 Å². The van der Waals surface area contributed by atoms with Gasteiger partial charge in [0.1, 0.15) is 0 Å². The summed E-state index contributed by atoms with van der Waals surface area (Å²) in [5, 5.41) is 14.7. The smallest absolute Gasteiger partial charge is 0.269 e. The first-order chi connectivity index (χ1) is 16.5. The zero-order chi connectivity index (χ0) is 23.7. The van der Waals surface area contributed by atoms with Crippen LogP contribution in [0.25, 0.3) is 17.0 Å². The van der Waals surface area contributed by atoms with Crippen molar-refractivity contribution in [1.29, 1.82) is 0 Å². The number of thioether (sulfide) groups is 1. The molecule has 0 unspecified atom stereocenters. The van der Waals surface area contributed by atoms with Gasteiger partial charge in [-0.15, -0.1) is 11.3 Å². The third kappa shape index (κ3) is 4.40. The lowest BCUT2D eigenvalue weighted by atomic mass is 10.1. The number of carbonyl (C=O) groups is 1. The van der Waals surface area contributed by atoms with E-state index in [0.717, 1.165) is 26.9 Å². The molecule has 0 aliphatic carbocycles. The van der Waals surface area contributed by atoms with E-state index in [1.165, 1.54) is 23.9 Å². The number of carbonyl (C=O) groups excluding carboxylic acids is 1. The first-order valence-electron chi connectivity index (χ1n) is 10.6. The van der Waals surface area contributed by atoms with Crippen molar-refractivity contribution in [2.75, 3.05) is 6.54 Å². The number of thiophene rings is 1. The number of para-hydroxylation sites is 1. The van der Waals surface area contributed by atoms with Gasteiger partial charge in [0.15, 0.2) is 5.17 Å². The third-order valence-electron chi connectivity index (χ3n) is 5.62. The van der Waals surface area contributed by atoms with Crippen molar-refractivity contribution in [3.63, 3.8) is 0 Å². The first-order valence-corrected chi connectivity index (χ1v) is 12.3. The predicted molar refractivity (Wildman–Crippen MR) is 139 cm³/mol. The normalized spacial score (nSPS) is 16.3. The number of non-ortho nitro benzene ring substituents is 1. The molecule has 170 valence electrons.